The third-order valence-electron chi connectivity index (χ3n) is 3.17. The second-order valence-corrected chi connectivity index (χ2v) is 5.18. The molecule has 0 amide bonds. The van der Waals surface area contributed by atoms with Crippen molar-refractivity contribution in [3.8, 4) is 0 Å². The highest BCUT2D eigenvalue weighted by atomic mass is 35.5. The zero-order valence-corrected chi connectivity index (χ0v) is 11.4. The number of benzene rings is 1. The number of hydrogen-bond donors (Lipinski definition) is 1. The Bertz CT molecular complexity index is 378. The van der Waals surface area contributed by atoms with Crippen LogP contribution < -0.4 is 5.73 Å². The minimum Gasteiger partial charge on any atom is -0.376 e. The molecule has 1 aromatic carbocycles. The van der Waals surface area contributed by atoms with Crippen LogP contribution in [-0.2, 0) is 9.47 Å². The average molecular weight is 270 g/mol. The van der Waals surface area contributed by atoms with Crippen LogP contribution in [0.5, 0.6) is 0 Å². The Hall–Kier alpha value is -0.610. The van der Waals surface area contributed by atoms with Crippen molar-refractivity contribution >= 4 is 11.6 Å². The summed E-state index contributed by atoms with van der Waals surface area (Å²) >= 11 is 6.19. The lowest BCUT2D eigenvalue weighted by Crippen LogP contribution is -2.29. The van der Waals surface area contributed by atoms with E-state index in [9.17, 15) is 0 Å². The molecule has 0 radical (unpaired) electrons. The fraction of sp³-hybridized carbons (Fsp3) is 0.571. The summed E-state index contributed by atoms with van der Waals surface area (Å²) in [4.78, 5) is 0. The number of halogens is 1. The van der Waals surface area contributed by atoms with Gasteiger partial charge in [-0.05, 0) is 25.8 Å². The summed E-state index contributed by atoms with van der Waals surface area (Å²) in [7, 11) is 0. The third kappa shape index (κ3) is 3.45. The van der Waals surface area contributed by atoms with Crippen LogP contribution in [0, 0.1) is 0 Å². The van der Waals surface area contributed by atoms with Gasteiger partial charge in [-0.1, -0.05) is 29.8 Å². The van der Waals surface area contributed by atoms with Gasteiger partial charge in [0.25, 0.3) is 0 Å². The molecule has 4 heteroatoms. The number of ether oxygens (including phenoxy) is 2. The Morgan fingerprint density at radius 1 is 1.50 bits per heavy atom. The maximum Gasteiger partial charge on any atom is 0.0988 e. The van der Waals surface area contributed by atoms with Crippen LogP contribution in [0.2, 0.25) is 5.02 Å². The van der Waals surface area contributed by atoms with Crippen molar-refractivity contribution in [2.24, 2.45) is 5.73 Å². The van der Waals surface area contributed by atoms with Crippen LogP contribution in [0.1, 0.15) is 31.4 Å². The molecule has 0 saturated carbocycles. The zero-order valence-electron chi connectivity index (χ0n) is 10.6. The number of hydrogen-bond acceptors (Lipinski definition) is 3. The first-order chi connectivity index (χ1) is 8.68. The molecule has 1 saturated heterocycles. The second kappa shape index (κ2) is 6.53. The first-order valence-electron chi connectivity index (χ1n) is 6.41. The molecule has 0 aliphatic carbocycles. The molecule has 3 atom stereocenters. The van der Waals surface area contributed by atoms with Crippen LogP contribution >= 0.6 is 11.6 Å². The molecule has 1 fully saturated rings. The van der Waals surface area contributed by atoms with Crippen molar-refractivity contribution in [3.05, 3.63) is 34.9 Å². The molecule has 1 heterocycles. The summed E-state index contributed by atoms with van der Waals surface area (Å²) in [6.45, 7) is 3.35. The summed E-state index contributed by atoms with van der Waals surface area (Å²) in [6, 6.07) is 7.58. The van der Waals surface area contributed by atoms with Gasteiger partial charge in [0, 0.05) is 23.2 Å². The molecule has 3 nitrogen and oxygen atoms in total. The predicted octanol–water partition coefficient (Wildman–Crippen LogP) is 2.92. The minimum absolute atomic E-state index is 0.105. The summed E-state index contributed by atoms with van der Waals surface area (Å²) in [5.74, 6) is 0. The number of nitrogens with two attached hydrogens (primary N) is 1. The van der Waals surface area contributed by atoms with Crippen LogP contribution in [0.3, 0.4) is 0 Å². The minimum atomic E-state index is -0.178. The van der Waals surface area contributed by atoms with E-state index in [4.69, 9.17) is 26.8 Å². The van der Waals surface area contributed by atoms with Gasteiger partial charge in [0.2, 0.25) is 0 Å². The number of rotatable bonds is 5. The molecule has 100 valence electrons. The molecule has 0 bridgehead atoms. The van der Waals surface area contributed by atoms with E-state index in [1.165, 1.54) is 0 Å². The van der Waals surface area contributed by atoms with Crippen LogP contribution in [-0.4, -0.2) is 25.4 Å². The SMILES string of the molecule is CC(N)C(OCC1CCCO1)c1ccccc1Cl. The van der Waals surface area contributed by atoms with Crippen molar-refractivity contribution in [1.29, 1.82) is 0 Å². The first-order valence-corrected chi connectivity index (χ1v) is 6.79. The molecular formula is C14H20ClNO2. The topological polar surface area (TPSA) is 44.5 Å². The van der Waals surface area contributed by atoms with Gasteiger partial charge in [-0.15, -0.1) is 0 Å². The fourth-order valence-corrected chi connectivity index (χ4v) is 2.46. The zero-order chi connectivity index (χ0) is 13.0. The molecule has 2 N–H and O–H groups in total. The van der Waals surface area contributed by atoms with E-state index in [1.54, 1.807) is 0 Å². The molecule has 0 spiro atoms. The molecule has 0 aromatic heterocycles. The Morgan fingerprint density at radius 2 is 2.28 bits per heavy atom. The smallest absolute Gasteiger partial charge is 0.0988 e. The highest BCUT2D eigenvalue weighted by Gasteiger charge is 2.23. The van der Waals surface area contributed by atoms with Gasteiger partial charge < -0.3 is 15.2 Å². The van der Waals surface area contributed by atoms with Crippen molar-refractivity contribution in [2.45, 2.75) is 38.0 Å². The van der Waals surface area contributed by atoms with E-state index in [-0.39, 0.29) is 18.2 Å². The first kappa shape index (κ1) is 13.8. The highest BCUT2D eigenvalue weighted by Crippen LogP contribution is 2.28. The van der Waals surface area contributed by atoms with Gasteiger partial charge in [-0.25, -0.2) is 0 Å². The van der Waals surface area contributed by atoms with E-state index < -0.39 is 0 Å². The van der Waals surface area contributed by atoms with E-state index >= 15 is 0 Å². The quantitative estimate of drug-likeness (QED) is 0.894. The molecule has 1 aliphatic heterocycles. The maximum atomic E-state index is 6.19. The monoisotopic (exact) mass is 269 g/mol. The lowest BCUT2D eigenvalue weighted by atomic mass is 10.0. The van der Waals surface area contributed by atoms with Gasteiger partial charge >= 0.3 is 0 Å². The van der Waals surface area contributed by atoms with E-state index in [2.05, 4.69) is 0 Å². The molecule has 1 aromatic rings. The van der Waals surface area contributed by atoms with Gasteiger partial charge in [-0.3, -0.25) is 0 Å². The van der Waals surface area contributed by atoms with Crippen molar-refractivity contribution in [3.63, 3.8) is 0 Å². The van der Waals surface area contributed by atoms with E-state index in [1.807, 2.05) is 31.2 Å². The fourth-order valence-electron chi connectivity index (χ4n) is 2.22. The maximum absolute atomic E-state index is 6.19. The lowest BCUT2D eigenvalue weighted by Gasteiger charge is -2.24. The van der Waals surface area contributed by atoms with Gasteiger partial charge in [0.1, 0.15) is 0 Å². The lowest BCUT2D eigenvalue weighted by molar-refractivity contribution is -0.0285. The predicted molar refractivity (Wildman–Crippen MR) is 72.8 cm³/mol. The Balaban J connectivity index is 2.01. The van der Waals surface area contributed by atoms with E-state index in [0.717, 1.165) is 25.0 Å². The summed E-state index contributed by atoms with van der Waals surface area (Å²) in [6.07, 6.45) is 2.20. The van der Waals surface area contributed by atoms with Crippen molar-refractivity contribution in [1.82, 2.24) is 0 Å². The molecule has 3 unspecified atom stereocenters. The molecule has 1 aliphatic rings. The van der Waals surface area contributed by atoms with Gasteiger partial charge in [-0.2, -0.15) is 0 Å². The highest BCUT2D eigenvalue weighted by molar-refractivity contribution is 6.31. The van der Waals surface area contributed by atoms with Gasteiger partial charge in [0.15, 0.2) is 0 Å². The van der Waals surface area contributed by atoms with Crippen LogP contribution in [0.15, 0.2) is 24.3 Å². The third-order valence-corrected chi connectivity index (χ3v) is 3.52. The summed E-state index contributed by atoms with van der Waals surface area (Å²) in [5, 5.41) is 0.701. The second-order valence-electron chi connectivity index (χ2n) is 4.77. The Labute approximate surface area is 113 Å². The summed E-state index contributed by atoms with van der Waals surface area (Å²) < 4.78 is 11.5. The van der Waals surface area contributed by atoms with Crippen LogP contribution in [0.25, 0.3) is 0 Å². The van der Waals surface area contributed by atoms with Crippen molar-refractivity contribution < 1.29 is 9.47 Å². The Kier molecular flexibility index (Phi) is 5.01. The normalized spacial score (nSPS) is 22.9. The standard InChI is InChI=1S/C14H20ClNO2/c1-10(16)14(12-6-2-3-7-13(12)15)18-9-11-5-4-8-17-11/h2-3,6-7,10-11,14H,4-5,8-9,16H2,1H3. The molecular weight excluding hydrogens is 250 g/mol. The molecule has 2 rings (SSSR count). The summed E-state index contributed by atoms with van der Waals surface area (Å²) in [5.41, 5.74) is 6.95. The van der Waals surface area contributed by atoms with Crippen LogP contribution in [0.4, 0.5) is 0 Å². The average Bonchev–Trinajstić information content (AvgIpc) is 2.84. The Morgan fingerprint density at radius 3 is 2.89 bits per heavy atom. The van der Waals surface area contributed by atoms with Gasteiger partial charge in [0.05, 0.1) is 18.8 Å². The largest absolute Gasteiger partial charge is 0.376 e. The molecule has 18 heavy (non-hydrogen) atoms. The van der Waals surface area contributed by atoms with Crippen molar-refractivity contribution in [2.75, 3.05) is 13.2 Å². The van der Waals surface area contributed by atoms with E-state index in [0.29, 0.717) is 11.6 Å².